The van der Waals surface area contributed by atoms with Crippen molar-refractivity contribution in [3.05, 3.63) is 60.2 Å². The first-order valence-corrected chi connectivity index (χ1v) is 9.95. The van der Waals surface area contributed by atoms with Crippen LogP contribution < -0.4 is 10.1 Å². The van der Waals surface area contributed by atoms with Crippen molar-refractivity contribution >= 4 is 5.97 Å². The normalized spacial score (nSPS) is 26.7. The summed E-state index contributed by atoms with van der Waals surface area (Å²) in [4.78, 5) is 12.9. The number of ether oxygens (including phenoxy) is 2. The minimum Gasteiger partial charge on any atom is -0.457 e. The number of hydrogen-bond acceptors (Lipinski definition) is 5. The van der Waals surface area contributed by atoms with Gasteiger partial charge in [-0.3, -0.25) is 4.79 Å². The molecule has 1 aliphatic heterocycles. The molecule has 0 bridgehead atoms. The van der Waals surface area contributed by atoms with E-state index in [0.29, 0.717) is 23.1 Å². The molecule has 5 nitrogen and oxygen atoms in total. The second kappa shape index (κ2) is 6.89. The van der Waals surface area contributed by atoms with Crippen LogP contribution in [0.1, 0.15) is 39.4 Å². The van der Waals surface area contributed by atoms with Crippen LogP contribution in [-0.4, -0.2) is 17.6 Å². The van der Waals surface area contributed by atoms with E-state index in [4.69, 9.17) is 9.47 Å². The molecule has 0 amide bonds. The van der Waals surface area contributed by atoms with Gasteiger partial charge in [0.1, 0.15) is 17.6 Å². The van der Waals surface area contributed by atoms with Crippen molar-refractivity contribution in [2.24, 2.45) is 17.3 Å². The third-order valence-corrected chi connectivity index (χ3v) is 6.24. The zero-order chi connectivity index (χ0) is 20.8. The minimum atomic E-state index is -0.959. The molecular weight excluding hydrogens is 364 g/mol. The van der Waals surface area contributed by atoms with Crippen molar-refractivity contribution in [3.8, 4) is 17.6 Å². The highest BCUT2D eigenvalue weighted by Crippen LogP contribution is 2.64. The van der Waals surface area contributed by atoms with Gasteiger partial charge in [0.2, 0.25) is 6.10 Å². The molecule has 0 spiro atoms. The number of benzene rings is 2. The minimum absolute atomic E-state index is 0.0642. The van der Waals surface area contributed by atoms with Crippen molar-refractivity contribution in [3.63, 3.8) is 0 Å². The lowest BCUT2D eigenvalue weighted by molar-refractivity contribution is -0.149. The highest BCUT2D eigenvalue weighted by molar-refractivity contribution is 5.78. The fraction of sp³-hybridized carbons (Fsp3) is 0.417. The Morgan fingerprint density at radius 1 is 1.07 bits per heavy atom. The van der Waals surface area contributed by atoms with Gasteiger partial charge in [-0.15, -0.1) is 0 Å². The molecule has 2 fully saturated rings. The van der Waals surface area contributed by atoms with Gasteiger partial charge >= 0.3 is 5.97 Å². The lowest BCUT2D eigenvalue weighted by Gasteiger charge is -2.13. The second-order valence-electron chi connectivity index (χ2n) is 9.10. The number of esters is 1. The molecule has 150 valence electrons. The van der Waals surface area contributed by atoms with Crippen LogP contribution in [0.3, 0.4) is 0 Å². The van der Waals surface area contributed by atoms with E-state index in [1.807, 2.05) is 36.4 Å². The Bertz CT molecular complexity index is 962. The standard InChI is InChI=1S/C24H26N2O3/c1-23(2)19(21-24(3,4)26-21)20(23)22(27)29-18(14-25)15-9-8-12-17(13-15)28-16-10-6-5-7-11-16/h5-13,18-21,26H,1-4H3/t18-,19?,20+,21+/m1/s1. The number of nitrogens with zero attached hydrogens (tertiary/aromatic N) is 1. The number of nitrogens with one attached hydrogen (secondary N) is 1. The average molecular weight is 390 g/mol. The maximum atomic E-state index is 12.9. The zero-order valence-corrected chi connectivity index (χ0v) is 17.2. The molecule has 1 heterocycles. The molecule has 1 aliphatic carbocycles. The monoisotopic (exact) mass is 390 g/mol. The van der Waals surface area contributed by atoms with E-state index in [-0.39, 0.29) is 28.8 Å². The molecule has 1 saturated carbocycles. The van der Waals surface area contributed by atoms with Gasteiger partial charge in [-0.1, -0.05) is 44.2 Å². The third kappa shape index (κ3) is 3.73. The van der Waals surface area contributed by atoms with E-state index in [0.717, 1.165) is 0 Å². The molecule has 1 unspecified atom stereocenters. The van der Waals surface area contributed by atoms with Crippen molar-refractivity contribution in [1.82, 2.24) is 5.32 Å². The van der Waals surface area contributed by atoms with Crippen LogP contribution >= 0.6 is 0 Å². The maximum absolute atomic E-state index is 12.9. The lowest BCUT2D eigenvalue weighted by Crippen LogP contribution is -2.15. The van der Waals surface area contributed by atoms with Gasteiger partial charge in [-0.2, -0.15) is 5.26 Å². The fourth-order valence-corrected chi connectivity index (χ4v) is 4.37. The molecule has 1 N–H and O–H groups in total. The van der Waals surface area contributed by atoms with Crippen LogP contribution in [0.2, 0.25) is 0 Å². The maximum Gasteiger partial charge on any atom is 0.311 e. The second-order valence-corrected chi connectivity index (χ2v) is 9.10. The van der Waals surface area contributed by atoms with Gasteiger partial charge in [-0.25, -0.2) is 0 Å². The van der Waals surface area contributed by atoms with E-state index in [1.54, 1.807) is 18.2 Å². The molecule has 4 atom stereocenters. The Labute approximate surface area is 171 Å². The van der Waals surface area contributed by atoms with Crippen LogP contribution in [0.4, 0.5) is 0 Å². The first kappa shape index (κ1) is 19.5. The quantitative estimate of drug-likeness (QED) is 0.575. The van der Waals surface area contributed by atoms with Gasteiger partial charge < -0.3 is 14.8 Å². The van der Waals surface area contributed by atoms with Crippen LogP contribution in [0, 0.1) is 28.6 Å². The van der Waals surface area contributed by atoms with Gasteiger partial charge in [0, 0.05) is 17.1 Å². The summed E-state index contributed by atoms with van der Waals surface area (Å²) in [5, 5.41) is 13.1. The molecule has 2 aromatic rings. The van der Waals surface area contributed by atoms with Crippen molar-refractivity contribution < 1.29 is 14.3 Å². The van der Waals surface area contributed by atoms with E-state index in [1.165, 1.54) is 0 Å². The van der Waals surface area contributed by atoms with Gasteiger partial charge in [-0.05, 0) is 49.4 Å². The Morgan fingerprint density at radius 3 is 2.34 bits per heavy atom. The molecule has 1 saturated heterocycles. The number of carbonyl (C=O) groups is 1. The SMILES string of the molecule is CC1(C)N[C@H]1C1[C@@H](C(=O)O[C@H](C#N)c2cccc(Oc3ccccc3)c2)C1(C)C. The highest BCUT2D eigenvalue weighted by Gasteiger charge is 2.71. The fourth-order valence-electron chi connectivity index (χ4n) is 4.37. The van der Waals surface area contributed by atoms with Crippen molar-refractivity contribution in [2.45, 2.75) is 45.4 Å². The summed E-state index contributed by atoms with van der Waals surface area (Å²) in [6.45, 7) is 8.47. The van der Waals surface area contributed by atoms with Crippen molar-refractivity contribution in [2.75, 3.05) is 0 Å². The molecule has 0 radical (unpaired) electrons. The van der Waals surface area contributed by atoms with Gasteiger partial charge in [0.25, 0.3) is 0 Å². The third-order valence-electron chi connectivity index (χ3n) is 6.24. The molecule has 5 heteroatoms. The summed E-state index contributed by atoms with van der Waals surface area (Å²) in [5.41, 5.74) is 0.546. The predicted molar refractivity (Wildman–Crippen MR) is 109 cm³/mol. The van der Waals surface area contributed by atoms with E-state index < -0.39 is 6.10 Å². The summed E-state index contributed by atoms with van der Waals surface area (Å²) in [6.07, 6.45) is -0.959. The number of carbonyl (C=O) groups excluding carboxylic acids is 1. The average Bonchev–Trinajstić information content (AvgIpc) is 3.50. The topological polar surface area (TPSA) is 81.3 Å². The van der Waals surface area contributed by atoms with Gasteiger partial charge in [0.05, 0.1) is 5.92 Å². The summed E-state index contributed by atoms with van der Waals surface area (Å²) in [7, 11) is 0. The van der Waals surface area contributed by atoms with Crippen LogP contribution in [0.5, 0.6) is 11.5 Å². The summed E-state index contributed by atoms with van der Waals surface area (Å²) < 4.78 is 11.5. The Hall–Kier alpha value is -2.84. The smallest absolute Gasteiger partial charge is 0.311 e. The molecule has 4 rings (SSSR count). The molecular formula is C24H26N2O3. The van der Waals surface area contributed by atoms with E-state index >= 15 is 0 Å². The molecule has 0 aromatic heterocycles. The van der Waals surface area contributed by atoms with E-state index in [2.05, 4.69) is 39.1 Å². The first-order chi connectivity index (χ1) is 13.7. The molecule has 2 aliphatic rings. The number of hydrogen-bond donors (Lipinski definition) is 1. The predicted octanol–water partition coefficient (Wildman–Crippen LogP) is 4.61. The van der Waals surface area contributed by atoms with Crippen LogP contribution in [-0.2, 0) is 9.53 Å². The van der Waals surface area contributed by atoms with E-state index in [9.17, 15) is 10.1 Å². The summed E-state index contributed by atoms with van der Waals surface area (Å²) >= 11 is 0. The van der Waals surface area contributed by atoms with Crippen LogP contribution in [0.25, 0.3) is 0 Å². The molecule has 29 heavy (non-hydrogen) atoms. The summed E-state index contributed by atoms with van der Waals surface area (Å²) in [5.74, 6) is 1.04. The first-order valence-electron chi connectivity index (χ1n) is 9.95. The van der Waals surface area contributed by atoms with Gasteiger partial charge in [0.15, 0.2) is 0 Å². The van der Waals surface area contributed by atoms with Crippen LogP contribution in [0.15, 0.2) is 54.6 Å². The Balaban J connectivity index is 1.45. The zero-order valence-electron chi connectivity index (χ0n) is 17.2. The number of nitriles is 1. The summed E-state index contributed by atoms with van der Waals surface area (Å²) in [6, 6.07) is 19.0. The lowest BCUT2D eigenvalue weighted by atomic mass is 10.0. The Kier molecular flexibility index (Phi) is 4.63. The molecule has 2 aromatic carbocycles. The van der Waals surface area contributed by atoms with Crippen molar-refractivity contribution in [1.29, 1.82) is 5.26 Å². The Morgan fingerprint density at radius 2 is 1.72 bits per heavy atom. The largest absolute Gasteiger partial charge is 0.457 e. The number of rotatable bonds is 6. The highest BCUT2D eigenvalue weighted by atomic mass is 16.5. The number of para-hydroxylation sites is 1.